The summed E-state index contributed by atoms with van der Waals surface area (Å²) in [4.78, 5) is 4.72. The minimum Gasteiger partial charge on any atom is -0.454 e. The third-order valence-corrected chi connectivity index (χ3v) is 4.73. The maximum Gasteiger partial charge on any atom is 0.154 e. The van der Waals surface area contributed by atoms with E-state index in [4.69, 9.17) is 21.0 Å². The van der Waals surface area contributed by atoms with Crippen molar-refractivity contribution < 1.29 is 4.42 Å². The second kappa shape index (κ2) is 5.30. The van der Waals surface area contributed by atoms with Gasteiger partial charge in [0.25, 0.3) is 0 Å². The Balaban J connectivity index is 1.72. The molecular formula is C16H13ClN2OS. The van der Waals surface area contributed by atoms with Crippen molar-refractivity contribution in [1.29, 1.82) is 0 Å². The van der Waals surface area contributed by atoms with E-state index in [2.05, 4.69) is 16.8 Å². The van der Waals surface area contributed by atoms with Crippen molar-refractivity contribution in [3.8, 4) is 11.5 Å². The molecule has 1 aliphatic heterocycles. The van der Waals surface area contributed by atoms with Crippen molar-refractivity contribution in [1.82, 2.24) is 10.3 Å². The average Bonchev–Trinajstić information content (AvgIpc) is 3.14. The fourth-order valence-electron chi connectivity index (χ4n) is 2.48. The molecule has 0 fully saturated rings. The van der Waals surface area contributed by atoms with Gasteiger partial charge in [-0.1, -0.05) is 17.7 Å². The number of fused-ring (bicyclic) bond motifs is 1. The van der Waals surface area contributed by atoms with Crippen LogP contribution in [0.25, 0.3) is 28.0 Å². The minimum atomic E-state index is 0.683. The Bertz CT molecular complexity index is 834. The van der Waals surface area contributed by atoms with E-state index in [1.165, 1.54) is 5.57 Å². The maximum absolute atomic E-state index is 5.99. The predicted molar refractivity (Wildman–Crippen MR) is 87.8 cm³/mol. The minimum absolute atomic E-state index is 0.683. The molecule has 21 heavy (non-hydrogen) atoms. The van der Waals surface area contributed by atoms with Gasteiger partial charge in [-0.25, -0.2) is 4.98 Å². The summed E-state index contributed by atoms with van der Waals surface area (Å²) in [5.74, 6) is 0.796. The third kappa shape index (κ3) is 2.50. The Morgan fingerprint density at radius 1 is 1.29 bits per heavy atom. The van der Waals surface area contributed by atoms with E-state index in [1.54, 1.807) is 11.3 Å². The molecule has 1 aliphatic rings. The van der Waals surface area contributed by atoms with Crippen LogP contribution in [-0.2, 0) is 0 Å². The molecule has 3 heterocycles. The number of hydrogen-bond acceptors (Lipinski definition) is 4. The molecule has 106 valence electrons. The summed E-state index contributed by atoms with van der Waals surface area (Å²) in [5.41, 5.74) is 3.01. The number of nitrogens with zero attached hydrogens (tertiary/aromatic N) is 1. The lowest BCUT2D eigenvalue weighted by molar-refractivity contribution is 0.629. The van der Waals surface area contributed by atoms with Crippen LogP contribution in [0.4, 0.5) is 0 Å². The van der Waals surface area contributed by atoms with Gasteiger partial charge in [-0.05, 0) is 36.7 Å². The van der Waals surface area contributed by atoms with Crippen molar-refractivity contribution in [2.45, 2.75) is 6.42 Å². The van der Waals surface area contributed by atoms with E-state index in [0.29, 0.717) is 5.02 Å². The number of rotatable bonds is 2. The van der Waals surface area contributed by atoms with Gasteiger partial charge in [-0.3, -0.25) is 0 Å². The number of halogens is 1. The summed E-state index contributed by atoms with van der Waals surface area (Å²) in [7, 11) is 0. The first-order valence-electron chi connectivity index (χ1n) is 6.85. The van der Waals surface area contributed by atoms with Gasteiger partial charge in [0.15, 0.2) is 5.76 Å². The van der Waals surface area contributed by atoms with Crippen LogP contribution in [0.5, 0.6) is 0 Å². The summed E-state index contributed by atoms with van der Waals surface area (Å²) in [5, 5.41) is 8.19. The van der Waals surface area contributed by atoms with Crippen molar-refractivity contribution in [2.24, 2.45) is 0 Å². The van der Waals surface area contributed by atoms with Gasteiger partial charge in [0, 0.05) is 28.4 Å². The Labute approximate surface area is 131 Å². The summed E-state index contributed by atoms with van der Waals surface area (Å²) in [6, 6.07) is 7.69. The smallest absolute Gasteiger partial charge is 0.154 e. The van der Waals surface area contributed by atoms with Crippen molar-refractivity contribution >= 4 is 39.5 Å². The van der Waals surface area contributed by atoms with E-state index < -0.39 is 0 Å². The molecule has 1 N–H and O–H groups in total. The van der Waals surface area contributed by atoms with E-state index >= 15 is 0 Å². The van der Waals surface area contributed by atoms with Gasteiger partial charge < -0.3 is 9.73 Å². The number of hydrogen-bond donors (Lipinski definition) is 1. The summed E-state index contributed by atoms with van der Waals surface area (Å²) >= 11 is 7.66. The molecule has 5 heteroatoms. The highest BCUT2D eigenvalue weighted by Gasteiger charge is 2.14. The van der Waals surface area contributed by atoms with Gasteiger partial charge in [-0.2, -0.15) is 0 Å². The largest absolute Gasteiger partial charge is 0.454 e. The zero-order valence-electron chi connectivity index (χ0n) is 11.2. The van der Waals surface area contributed by atoms with Crippen LogP contribution >= 0.6 is 22.9 Å². The quantitative estimate of drug-likeness (QED) is 0.751. The van der Waals surface area contributed by atoms with Crippen LogP contribution in [0.1, 0.15) is 11.4 Å². The number of aromatic nitrogens is 1. The van der Waals surface area contributed by atoms with E-state index in [0.717, 1.165) is 46.9 Å². The Morgan fingerprint density at radius 2 is 2.24 bits per heavy atom. The van der Waals surface area contributed by atoms with Gasteiger partial charge in [0.2, 0.25) is 0 Å². The SMILES string of the molecule is Clc1ccc2cc(-c3csc(C4=CCNCC4)n3)oc2c1. The molecule has 0 bridgehead atoms. The molecule has 0 saturated carbocycles. The zero-order valence-corrected chi connectivity index (χ0v) is 12.8. The standard InChI is InChI=1S/C16H13ClN2OS/c17-12-2-1-11-7-15(20-14(11)8-12)13-9-21-16(19-13)10-3-5-18-6-4-10/h1-3,7-9,18H,4-6H2. The van der Waals surface area contributed by atoms with Crippen LogP contribution in [0.15, 0.2) is 40.1 Å². The maximum atomic E-state index is 5.99. The van der Waals surface area contributed by atoms with Crippen molar-refractivity contribution in [3.05, 3.63) is 45.8 Å². The second-order valence-electron chi connectivity index (χ2n) is 5.01. The Hall–Kier alpha value is -1.62. The fraction of sp³-hybridized carbons (Fsp3) is 0.188. The first kappa shape index (κ1) is 13.1. The lowest BCUT2D eigenvalue weighted by atomic mass is 10.1. The molecule has 0 unspecified atom stereocenters. The second-order valence-corrected chi connectivity index (χ2v) is 6.31. The van der Waals surface area contributed by atoms with Crippen LogP contribution in [-0.4, -0.2) is 18.1 Å². The molecule has 0 aliphatic carbocycles. The third-order valence-electron chi connectivity index (χ3n) is 3.58. The summed E-state index contributed by atoms with van der Waals surface area (Å²) < 4.78 is 5.86. The zero-order chi connectivity index (χ0) is 14.2. The van der Waals surface area contributed by atoms with Crippen LogP contribution < -0.4 is 5.32 Å². The lowest BCUT2D eigenvalue weighted by Crippen LogP contribution is -2.19. The van der Waals surface area contributed by atoms with Crippen LogP contribution in [0, 0.1) is 0 Å². The first-order chi connectivity index (χ1) is 10.3. The fourth-order valence-corrected chi connectivity index (χ4v) is 3.52. The number of thiazole rings is 1. The van der Waals surface area contributed by atoms with Crippen molar-refractivity contribution in [3.63, 3.8) is 0 Å². The number of furan rings is 1. The molecule has 0 spiro atoms. The summed E-state index contributed by atoms with van der Waals surface area (Å²) in [6.07, 6.45) is 3.24. The Kier molecular flexibility index (Phi) is 3.30. The highest BCUT2D eigenvalue weighted by molar-refractivity contribution is 7.11. The topological polar surface area (TPSA) is 38.1 Å². The predicted octanol–water partition coefficient (Wildman–Crippen LogP) is 4.59. The Morgan fingerprint density at radius 3 is 3.10 bits per heavy atom. The molecule has 2 aromatic heterocycles. The molecule has 0 atom stereocenters. The average molecular weight is 317 g/mol. The highest BCUT2D eigenvalue weighted by atomic mass is 35.5. The monoisotopic (exact) mass is 316 g/mol. The van der Waals surface area contributed by atoms with Gasteiger partial charge >= 0.3 is 0 Å². The number of nitrogens with one attached hydrogen (secondary N) is 1. The molecule has 4 rings (SSSR count). The molecule has 0 saturated heterocycles. The number of benzene rings is 1. The van der Waals surface area contributed by atoms with E-state index in [9.17, 15) is 0 Å². The molecule has 1 aromatic carbocycles. The van der Waals surface area contributed by atoms with Gasteiger partial charge in [0.05, 0.1) is 0 Å². The molecule has 3 nitrogen and oxygen atoms in total. The van der Waals surface area contributed by atoms with E-state index in [-0.39, 0.29) is 0 Å². The molecule has 0 radical (unpaired) electrons. The van der Waals surface area contributed by atoms with Crippen LogP contribution in [0.2, 0.25) is 5.02 Å². The molecular weight excluding hydrogens is 304 g/mol. The first-order valence-corrected chi connectivity index (χ1v) is 8.10. The molecule has 3 aromatic rings. The van der Waals surface area contributed by atoms with Crippen LogP contribution in [0.3, 0.4) is 0 Å². The van der Waals surface area contributed by atoms with Gasteiger partial charge in [0.1, 0.15) is 16.3 Å². The van der Waals surface area contributed by atoms with Gasteiger partial charge in [-0.15, -0.1) is 11.3 Å². The van der Waals surface area contributed by atoms with Crippen molar-refractivity contribution in [2.75, 3.05) is 13.1 Å². The lowest BCUT2D eigenvalue weighted by Gasteiger charge is -2.11. The highest BCUT2D eigenvalue weighted by Crippen LogP contribution is 2.32. The summed E-state index contributed by atoms with van der Waals surface area (Å²) in [6.45, 7) is 1.94. The molecule has 0 amide bonds. The van der Waals surface area contributed by atoms with E-state index in [1.807, 2.05) is 24.3 Å². The normalized spacial score (nSPS) is 15.4.